The Balaban J connectivity index is 1.62. The summed E-state index contributed by atoms with van der Waals surface area (Å²) in [7, 11) is 0. The van der Waals surface area contributed by atoms with Crippen LogP contribution >= 0.6 is 11.3 Å². The quantitative estimate of drug-likeness (QED) is 0.778. The molecule has 2 fully saturated rings. The van der Waals surface area contributed by atoms with Crippen molar-refractivity contribution in [3.05, 3.63) is 29.2 Å². The third kappa shape index (κ3) is 4.95. The van der Waals surface area contributed by atoms with Crippen molar-refractivity contribution < 1.29 is 9.53 Å². The number of anilines is 1. The Kier molecular flexibility index (Phi) is 5.88. The normalized spacial score (nSPS) is 22.0. The zero-order valence-electron chi connectivity index (χ0n) is 17.7. The Morgan fingerprint density at radius 3 is 2.69 bits per heavy atom. The highest BCUT2D eigenvalue weighted by Crippen LogP contribution is 2.38. The Labute approximate surface area is 176 Å². The van der Waals surface area contributed by atoms with E-state index in [1.165, 1.54) is 12.8 Å². The molecule has 7 heteroatoms. The number of nitrogens with one attached hydrogen (secondary N) is 1. The molecule has 4 rings (SSSR count). The lowest BCUT2D eigenvalue weighted by molar-refractivity contribution is -0.121. The molecule has 0 bridgehead atoms. The zero-order chi connectivity index (χ0) is 20.5. The summed E-state index contributed by atoms with van der Waals surface area (Å²) in [4.78, 5) is 25.1. The van der Waals surface area contributed by atoms with Crippen molar-refractivity contribution in [1.82, 2.24) is 15.3 Å². The van der Waals surface area contributed by atoms with Crippen LogP contribution in [0.5, 0.6) is 0 Å². The molecule has 1 amide bonds. The number of carbonyl (C=O) groups excluding carboxylic acids is 1. The van der Waals surface area contributed by atoms with Crippen LogP contribution in [-0.2, 0) is 16.1 Å². The average molecular weight is 415 g/mol. The number of pyridine rings is 1. The van der Waals surface area contributed by atoms with Crippen LogP contribution in [0.15, 0.2) is 12.3 Å². The van der Waals surface area contributed by atoms with Crippen LogP contribution in [0.1, 0.15) is 50.1 Å². The predicted molar refractivity (Wildman–Crippen MR) is 116 cm³/mol. The lowest BCUT2D eigenvalue weighted by atomic mass is 10.1. The van der Waals surface area contributed by atoms with E-state index in [-0.39, 0.29) is 18.1 Å². The maximum atomic E-state index is 12.3. The van der Waals surface area contributed by atoms with Gasteiger partial charge in [-0.25, -0.2) is 4.98 Å². The van der Waals surface area contributed by atoms with E-state index in [0.717, 1.165) is 45.6 Å². The Morgan fingerprint density at radius 1 is 1.28 bits per heavy atom. The first-order chi connectivity index (χ1) is 13.9. The molecule has 2 aromatic heterocycles. The number of hydrogen-bond acceptors (Lipinski definition) is 6. The minimum atomic E-state index is 0.129. The van der Waals surface area contributed by atoms with Crippen LogP contribution < -0.4 is 10.2 Å². The van der Waals surface area contributed by atoms with Crippen LogP contribution in [0.2, 0.25) is 0 Å². The summed E-state index contributed by atoms with van der Waals surface area (Å²) in [5.74, 6) is 0.714. The molecule has 1 aliphatic heterocycles. The first-order valence-corrected chi connectivity index (χ1v) is 11.3. The second-order valence-corrected chi connectivity index (χ2v) is 9.48. The number of hydrogen-bond donors (Lipinski definition) is 1. The number of nitrogens with zero attached hydrogens (tertiary/aromatic N) is 3. The Bertz CT molecular complexity index is 883. The first-order valence-electron chi connectivity index (χ1n) is 10.5. The van der Waals surface area contributed by atoms with Gasteiger partial charge < -0.3 is 15.0 Å². The molecule has 3 heterocycles. The van der Waals surface area contributed by atoms with Crippen molar-refractivity contribution in [3.8, 4) is 10.4 Å². The summed E-state index contributed by atoms with van der Waals surface area (Å²) in [5, 5.41) is 4.10. The fourth-order valence-electron chi connectivity index (χ4n) is 3.85. The fourth-order valence-corrected chi connectivity index (χ4v) is 5.03. The first kappa shape index (κ1) is 20.3. The van der Waals surface area contributed by atoms with Gasteiger partial charge in [0.15, 0.2) is 5.13 Å². The highest BCUT2D eigenvalue weighted by molar-refractivity contribution is 7.19. The van der Waals surface area contributed by atoms with Crippen molar-refractivity contribution in [1.29, 1.82) is 0 Å². The van der Waals surface area contributed by atoms with Gasteiger partial charge in [-0.2, -0.15) is 0 Å². The van der Waals surface area contributed by atoms with Crippen LogP contribution in [0.4, 0.5) is 5.13 Å². The van der Waals surface area contributed by atoms with Gasteiger partial charge in [0.05, 0.1) is 29.3 Å². The molecule has 156 valence electrons. The summed E-state index contributed by atoms with van der Waals surface area (Å²) in [6.07, 6.45) is 5.27. The van der Waals surface area contributed by atoms with Crippen LogP contribution in [0.25, 0.3) is 10.4 Å². The second kappa shape index (κ2) is 8.40. The number of thiazole rings is 1. The molecule has 0 radical (unpaired) electrons. The number of morpholine rings is 1. The van der Waals surface area contributed by atoms with Gasteiger partial charge in [0.2, 0.25) is 5.91 Å². The van der Waals surface area contributed by atoms with Gasteiger partial charge in [-0.15, -0.1) is 0 Å². The number of aromatic nitrogens is 2. The summed E-state index contributed by atoms with van der Waals surface area (Å²) >= 11 is 1.70. The number of ether oxygens (including phenoxy) is 1. The second-order valence-electron chi connectivity index (χ2n) is 8.50. The van der Waals surface area contributed by atoms with Gasteiger partial charge in [0.1, 0.15) is 0 Å². The lowest BCUT2D eigenvalue weighted by Gasteiger charge is -2.35. The monoisotopic (exact) mass is 414 g/mol. The molecule has 0 spiro atoms. The molecule has 6 nitrogen and oxygen atoms in total. The van der Waals surface area contributed by atoms with E-state index in [1.54, 1.807) is 11.3 Å². The highest BCUT2D eigenvalue weighted by atomic mass is 32.1. The highest BCUT2D eigenvalue weighted by Gasteiger charge is 2.27. The summed E-state index contributed by atoms with van der Waals surface area (Å²) in [6, 6.07) is 2.12. The van der Waals surface area contributed by atoms with E-state index in [0.29, 0.717) is 18.9 Å². The van der Waals surface area contributed by atoms with E-state index in [2.05, 4.69) is 42.0 Å². The van der Waals surface area contributed by atoms with Crippen molar-refractivity contribution in [2.24, 2.45) is 5.92 Å². The summed E-state index contributed by atoms with van der Waals surface area (Å²) in [5.41, 5.74) is 4.20. The standard InChI is InChI=1S/C22H30N4O2S/c1-13-9-23-14(2)7-18(13)21-19(10-24-20(27)8-17-5-6-17)25-22(29-21)26-11-15(3)28-16(4)12-26/h7,9,15-17H,5-6,8,10-12H2,1-4H3,(H,24,27)/t15-,16+. The van der Waals surface area contributed by atoms with Gasteiger partial charge in [0.25, 0.3) is 0 Å². The average Bonchev–Trinajstić information content (AvgIpc) is 3.37. The largest absolute Gasteiger partial charge is 0.372 e. The summed E-state index contributed by atoms with van der Waals surface area (Å²) in [6.45, 7) is 10.4. The Hall–Kier alpha value is -1.99. The van der Waals surface area contributed by atoms with E-state index >= 15 is 0 Å². The molecule has 2 aromatic rings. The van der Waals surface area contributed by atoms with Crippen molar-refractivity contribution in [2.75, 3.05) is 18.0 Å². The molecular weight excluding hydrogens is 384 g/mol. The van der Waals surface area contributed by atoms with Crippen molar-refractivity contribution in [2.45, 2.75) is 65.7 Å². The van der Waals surface area contributed by atoms with Crippen LogP contribution in [0, 0.1) is 19.8 Å². The minimum Gasteiger partial charge on any atom is -0.372 e. The van der Waals surface area contributed by atoms with Gasteiger partial charge in [-0.3, -0.25) is 9.78 Å². The SMILES string of the molecule is Cc1cc(-c2sc(N3C[C@@H](C)O[C@@H](C)C3)nc2CNC(=O)CC2CC2)c(C)cn1. The topological polar surface area (TPSA) is 67.3 Å². The zero-order valence-corrected chi connectivity index (χ0v) is 18.5. The molecule has 0 aromatic carbocycles. The molecule has 1 aliphatic carbocycles. The van der Waals surface area contributed by atoms with Gasteiger partial charge in [0, 0.05) is 31.4 Å². The van der Waals surface area contributed by atoms with Gasteiger partial charge in [-0.1, -0.05) is 11.3 Å². The van der Waals surface area contributed by atoms with Gasteiger partial charge in [-0.05, 0) is 63.6 Å². The third-order valence-corrected chi connectivity index (χ3v) is 6.68. The molecule has 29 heavy (non-hydrogen) atoms. The lowest BCUT2D eigenvalue weighted by Crippen LogP contribution is -2.45. The van der Waals surface area contributed by atoms with Crippen LogP contribution in [0.3, 0.4) is 0 Å². The maximum absolute atomic E-state index is 12.3. The molecule has 2 aliphatic rings. The number of rotatable bonds is 6. The fraction of sp³-hybridized carbons (Fsp3) is 0.591. The number of carbonyl (C=O) groups is 1. The molecule has 1 saturated heterocycles. The van der Waals surface area contributed by atoms with E-state index in [1.807, 2.05) is 13.1 Å². The van der Waals surface area contributed by atoms with Gasteiger partial charge >= 0.3 is 0 Å². The van der Waals surface area contributed by atoms with E-state index in [9.17, 15) is 4.79 Å². The Morgan fingerprint density at radius 2 is 2.00 bits per heavy atom. The molecular formula is C22H30N4O2S. The molecule has 1 saturated carbocycles. The third-order valence-electron chi connectivity index (χ3n) is 5.48. The number of aryl methyl sites for hydroxylation is 2. The van der Waals surface area contributed by atoms with E-state index < -0.39 is 0 Å². The van der Waals surface area contributed by atoms with Crippen LogP contribution in [-0.4, -0.2) is 41.2 Å². The molecule has 0 unspecified atom stereocenters. The summed E-state index contributed by atoms with van der Waals surface area (Å²) < 4.78 is 5.89. The van der Waals surface area contributed by atoms with Crippen molar-refractivity contribution in [3.63, 3.8) is 0 Å². The maximum Gasteiger partial charge on any atom is 0.220 e. The number of amides is 1. The van der Waals surface area contributed by atoms with Crippen molar-refractivity contribution >= 4 is 22.4 Å². The minimum absolute atomic E-state index is 0.129. The van der Waals surface area contributed by atoms with E-state index in [4.69, 9.17) is 9.72 Å². The predicted octanol–water partition coefficient (Wildman–Crippen LogP) is 3.85. The molecule has 2 atom stereocenters. The smallest absolute Gasteiger partial charge is 0.220 e. The molecule has 1 N–H and O–H groups in total.